The van der Waals surface area contributed by atoms with E-state index in [4.69, 9.17) is 5.73 Å². The molecule has 144 valence electrons. The molecule has 1 aromatic carbocycles. The summed E-state index contributed by atoms with van der Waals surface area (Å²) in [5.74, 6) is -0.145. The van der Waals surface area contributed by atoms with Crippen LogP contribution in [0.5, 0.6) is 0 Å². The molecular weight excluding hydrogens is 356 g/mol. The van der Waals surface area contributed by atoms with E-state index in [2.05, 4.69) is 25.6 Å². The lowest BCUT2D eigenvalue weighted by atomic mass is 9.88. The Morgan fingerprint density at radius 3 is 2.68 bits per heavy atom. The number of aldehydes is 1. The number of benzene rings is 1. The molecule has 8 nitrogen and oxygen atoms in total. The highest BCUT2D eigenvalue weighted by Gasteiger charge is 2.25. The fraction of sp³-hybridized carbons (Fsp3) is 0.250. The number of hydrogen-bond donors (Lipinski definition) is 3. The van der Waals surface area contributed by atoms with Crippen LogP contribution in [-0.2, 0) is 4.79 Å². The van der Waals surface area contributed by atoms with Gasteiger partial charge in [-0.2, -0.15) is 0 Å². The van der Waals surface area contributed by atoms with Gasteiger partial charge in [0.25, 0.3) is 5.91 Å². The number of nitrogens with one attached hydrogen (secondary N) is 2. The van der Waals surface area contributed by atoms with Crippen molar-refractivity contribution in [1.29, 1.82) is 0 Å². The molecule has 28 heavy (non-hydrogen) atoms. The molecule has 3 rings (SSSR count). The lowest BCUT2D eigenvalue weighted by molar-refractivity contribution is -0.110. The van der Waals surface area contributed by atoms with E-state index < -0.39 is 11.9 Å². The number of carbonyl (C=O) groups excluding carboxylic acids is 2. The van der Waals surface area contributed by atoms with Crippen LogP contribution in [0.15, 0.2) is 42.7 Å². The first kappa shape index (κ1) is 19.2. The van der Waals surface area contributed by atoms with Crippen LogP contribution in [-0.4, -0.2) is 33.2 Å². The monoisotopic (exact) mass is 378 g/mol. The van der Waals surface area contributed by atoms with Gasteiger partial charge in [-0.3, -0.25) is 9.78 Å². The lowest BCUT2D eigenvalue weighted by Gasteiger charge is -2.27. The largest absolute Gasteiger partial charge is 0.364 e. The van der Waals surface area contributed by atoms with Crippen molar-refractivity contribution in [3.05, 3.63) is 48.4 Å². The number of hydrogen-bond acceptors (Lipinski definition) is 7. The molecule has 0 aliphatic heterocycles. The summed E-state index contributed by atoms with van der Waals surface area (Å²) in [4.78, 5) is 36.0. The van der Waals surface area contributed by atoms with Crippen LogP contribution in [0.4, 0.5) is 17.3 Å². The molecule has 0 bridgehead atoms. The van der Waals surface area contributed by atoms with Crippen LogP contribution in [0.3, 0.4) is 0 Å². The normalized spacial score (nSPS) is 12.4. The minimum absolute atomic E-state index is 0.00470. The molecule has 4 N–H and O–H groups in total. The van der Waals surface area contributed by atoms with Crippen LogP contribution in [0, 0.1) is 5.41 Å². The molecule has 0 radical (unpaired) electrons. The van der Waals surface area contributed by atoms with Crippen LogP contribution in [0.25, 0.3) is 10.9 Å². The topological polar surface area (TPSA) is 123 Å². The molecule has 8 heteroatoms. The molecule has 1 atom stereocenters. The molecule has 2 heterocycles. The second kappa shape index (κ2) is 7.59. The zero-order valence-corrected chi connectivity index (χ0v) is 15.9. The molecule has 0 aliphatic rings. The second-order valence-electron chi connectivity index (χ2n) is 7.48. The zero-order valence-electron chi connectivity index (χ0n) is 15.9. The van der Waals surface area contributed by atoms with Crippen molar-refractivity contribution >= 4 is 40.4 Å². The summed E-state index contributed by atoms with van der Waals surface area (Å²) >= 11 is 0. The zero-order chi connectivity index (χ0) is 20.3. The van der Waals surface area contributed by atoms with Crippen molar-refractivity contribution in [2.24, 2.45) is 11.1 Å². The number of aromatic nitrogens is 3. The van der Waals surface area contributed by atoms with E-state index in [0.717, 1.165) is 17.2 Å². The molecule has 1 unspecified atom stereocenters. The number of primary amides is 1. The van der Waals surface area contributed by atoms with Gasteiger partial charge in [0.1, 0.15) is 12.1 Å². The predicted octanol–water partition coefficient (Wildman–Crippen LogP) is 2.89. The van der Waals surface area contributed by atoms with E-state index in [9.17, 15) is 9.59 Å². The van der Waals surface area contributed by atoms with Gasteiger partial charge in [-0.05, 0) is 23.6 Å². The summed E-state index contributed by atoms with van der Waals surface area (Å²) in [5, 5.41) is 7.11. The summed E-state index contributed by atoms with van der Waals surface area (Å²) in [7, 11) is 0. The fourth-order valence-corrected chi connectivity index (χ4v) is 2.62. The van der Waals surface area contributed by atoms with Gasteiger partial charge in [-0.15, -0.1) is 0 Å². The first-order valence-electron chi connectivity index (χ1n) is 8.78. The average molecular weight is 378 g/mol. The Hall–Kier alpha value is -3.55. The molecule has 0 aliphatic carbocycles. The Morgan fingerprint density at radius 2 is 2.00 bits per heavy atom. The number of carbonyl (C=O) groups is 2. The molecule has 0 saturated heterocycles. The van der Waals surface area contributed by atoms with Gasteiger partial charge in [-0.1, -0.05) is 32.9 Å². The Balaban J connectivity index is 1.95. The Morgan fingerprint density at radius 1 is 1.21 bits per heavy atom. The quantitative estimate of drug-likeness (QED) is 0.564. The number of amides is 1. The first-order valence-corrected chi connectivity index (χ1v) is 8.78. The summed E-state index contributed by atoms with van der Waals surface area (Å²) in [5.41, 5.74) is 6.60. The third-order valence-electron chi connectivity index (χ3n) is 4.25. The summed E-state index contributed by atoms with van der Waals surface area (Å²) in [6, 6.07) is 8.94. The van der Waals surface area contributed by atoms with Crippen LogP contribution in [0.2, 0.25) is 0 Å². The second-order valence-corrected chi connectivity index (χ2v) is 7.48. The molecule has 0 spiro atoms. The molecule has 0 saturated carbocycles. The van der Waals surface area contributed by atoms with Crippen molar-refractivity contribution in [2.45, 2.75) is 26.8 Å². The number of rotatable bonds is 6. The minimum atomic E-state index is -0.705. The van der Waals surface area contributed by atoms with E-state index in [1.807, 2.05) is 51.1 Å². The number of pyridine rings is 1. The molecule has 1 amide bonds. The maximum atomic E-state index is 11.8. The van der Waals surface area contributed by atoms with Crippen molar-refractivity contribution in [3.8, 4) is 0 Å². The van der Waals surface area contributed by atoms with Gasteiger partial charge < -0.3 is 21.2 Å². The summed E-state index contributed by atoms with van der Waals surface area (Å²) in [6.07, 6.45) is 3.92. The minimum Gasteiger partial charge on any atom is -0.364 e. The van der Waals surface area contributed by atoms with Crippen molar-refractivity contribution in [3.63, 3.8) is 0 Å². The first-order chi connectivity index (χ1) is 13.3. The predicted molar refractivity (Wildman–Crippen MR) is 109 cm³/mol. The van der Waals surface area contributed by atoms with Gasteiger partial charge in [0.15, 0.2) is 11.5 Å². The standard InChI is InChI=1S/C20H22N6O2/c1-20(2,3)15(11-27)25-16-10-23-17(18(21)28)19(26-16)24-13-7-6-12-5-4-8-22-14(12)9-13/h4-11,15H,1-3H3,(H2,21,28)(H2,24,25,26). The summed E-state index contributed by atoms with van der Waals surface area (Å²) < 4.78 is 0. The van der Waals surface area contributed by atoms with Gasteiger partial charge in [0.2, 0.25) is 0 Å². The van der Waals surface area contributed by atoms with Crippen LogP contribution < -0.4 is 16.4 Å². The Labute approximate surface area is 162 Å². The van der Waals surface area contributed by atoms with Gasteiger partial charge in [-0.25, -0.2) is 9.97 Å². The van der Waals surface area contributed by atoms with Gasteiger partial charge >= 0.3 is 0 Å². The number of anilines is 3. The summed E-state index contributed by atoms with van der Waals surface area (Å²) in [6.45, 7) is 5.81. The number of fused-ring (bicyclic) bond motifs is 1. The van der Waals surface area contributed by atoms with E-state index >= 15 is 0 Å². The van der Waals surface area contributed by atoms with E-state index in [1.54, 1.807) is 6.20 Å². The SMILES string of the molecule is CC(C)(C)C(C=O)Nc1cnc(C(N)=O)c(Nc2ccc3cccnc3c2)n1. The van der Waals surface area contributed by atoms with Crippen molar-refractivity contribution in [2.75, 3.05) is 10.6 Å². The van der Waals surface area contributed by atoms with E-state index in [0.29, 0.717) is 11.5 Å². The molecule has 2 aromatic heterocycles. The molecule has 3 aromatic rings. The maximum Gasteiger partial charge on any atom is 0.271 e. The average Bonchev–Trinajstić information content (AvgIpc) is 2.65. The molecule has 0 fully saturated rings. The Bertz CT molecular complexity index is 1030. The smallest absolute Gasteiger partial charge is 0.271 e. The molecular formula is C20H22N6O2. The third-order valence-corrected chi connectivity index (χ3v) is 4.25. The van der Waals surface area contributed by atoms with Crippen molar-refractivity contribution in [1.82, 2.24) is 15.0 Å². The van der Waals surface area contributed by atoms with Crippen LogP contribution in [0.1, 0.15) is 31.3 Å². The van der Waals surface area contributed by atoms with Crippen LogP contribution >= 0.6 is 0 Å². The number of nitrogens with zero attached hydrogens (tertiary/aromatic N) is 3. The van der Waals surface area contributed by atoms with E-state index in [-0.39, 0.29) is 16.9 Å². The third kappa shape index (κ3) is 4.22. The fourth-order valence-electron chi connectivity index (χ4n) is 2.62. The highest BCUT2D eigenvalue weighted by molar-refractivity contribution is 5.96. The van der Waals surface area contributed by atoms with Gasteiger partial charge in [0.05, 0.1) is 17.8 Å². The van der Waals surface area contributed by atoms with Crippen molar-refractivity contribution < 1.29 is 9.59 Å². The lowest BCUT2D eigenvalue weighted by Crippen LogP contribution is -2.35. The highest BCUT2D eigenvalue weighted by atomic mass is 16.1. The van der Waals surface area contributed by atoms with Gasteiger partial charge in [0, 0.05) is 17.3 Å². The highest BCUT2D eigenvalue weighted by Crippen LogP contribution is 2.25. The number of nitrogens with two attached hydrogens (primary N) is 1. The van der Waals surface area contributed by atoms with E-state index in [1.165, 1.54) is 6.20 Å². The maximum absolute atomic E-state index is 11.8. The Kier molecular flexibility index (Phi) is 5.21.